The van der Waals surface area contributed by atoms with Gasteiger partial charge in [0.15, 0.2) is 0 Å². The van der Waals surface area contributed by atoms with Crippen molar-refractivity contribution in [3.05, 3.63) is 137 Å². The molecule has 5 aromatic rings. The number of nitrogens with zero attached hydrogens (tertiary/aromatic N) is 2. The first-order valence-electron chi connectivity index (χ1n) is 14.8. The monoisotopic (exact) mass is 578 g/mol. The molecule has 0 N–H and O–H groups in total. The van der Waals surface area contributed by atoms with Gasteiger partial charge in [-0.15, -0.1) is 11.3 Å². The molecule has 0 saturated carbocycles. The van der Waals surface area contributed by atoms with E-state index in [-0.39, 0.29) is 5.92 Å². The number of fused-ring (bicyclic) bond motifs is 3. The zero-order chi connectivity index (χ0) is 29.3. The zero-order valence-electron chi connectivity index (χ0n) is 24.7. The van der Waals surface area contributed by atoms with Crippen molar-refractivity contribution >= 4 is 45.3 Å². The van der Waals surface area contributed by atoms with Crippen LogP contribution in [-0.2, 0) is 9.31 Å². The van der Waals surface area contributed by atoms with Crippen molar-refractivity contribution in [2.75, 3.05) is 0 Å². The van der Waals surface area contributed by atoms with Crippen LogP contribution < -0.4 is 16.0 Å². The molecule has 1 fully saturated rings. The largest absolute Gasteiger partial charge is 0.494 e. The lowest BCUT2D eigenvalue weighted by molar-refractivity contribution is 0.00578. The molecule has 3 heterocycles. The van der Waals surface area contributed by atoms with Crippen molar-refractivity contribution in [3.8, 4) is 10.6 Å². The van der Waals surface area contributed by atoms with E-state index in [0.717, 1.165) is 43.7 Å². The minimum atomic E-state index is -0.418. The van der Waals surface area contributed by atoms with Gasteiger partial charge in [0.05, 0.1) is 32.5 Å². The third-order valence-corrected chi connectivity index (χ3v) is 10.3. The third-order valence-electron chi connectivity index (χ3n) is 9.21. The van der Waals surface area contributed by atoms with Crippen molar-refractivity contribution in [2.24, 2.45) is 4.99 Å². The van der Waals surface area contributed by atoms with Crippen molar-refractivity contribution < 1.29 is 9.31 Å². The van der Waals surface area contributed by atoms with Crippen LogP contribution in [0.25, 0.3) is 31.9 Å². The molecular weight excluding hydrogens is 547 g/mol. The van der Waals surface area contributed by atoms with Crippen LogP contribution in [0.3, 0.4) is 0 Å². The van der Waals surface area contributed by atoms with Gasteiger partial charge >= 0.3 is 7.12 Å². The summed E-state index contributed by atoms with van der Waals surface area (Å²) in [4.78, 5) is 10.3. The fraction of sp³-hybridized carbons (Fsp3) is 0.189. The lowest BCUT2D eigenvalue weighted by Crippen LogP contribution is -2.41. The molecule has 4 aromatic carbocycles. The average Bonchev–Trinajstić information content (AvgIpc) is 3.67. The molecule has 6 heteroatoms. The number of hydrogen-bond acceptors (Lipinski definition) is 5. The lowest BCUT2D eigenvalue weighted by atomic mass is 9.76. The average molecular weight is 579 g/mol. The van der Waals surface area contributed by atoms with E-state index in [9.17, 15) is 0 Å². The normalized spacial score (nSPS) is 20.0. The SMILES string of the molecule is CC1(C)OB(c2cccc(C3=C4N=c5cc6nc(-c7ccccc7)sc6cc5=C4C(c4ccccc4)C=C3)c2)OC1(C)C. The van der Waals surface area contributed by atoms with Gasteiger partial charge in [-0.2, -0.15) is 0 Å². The van der Waals surface area contributed by atoms with Crippen molar-refractivity contribution in [1.29, 1.82) is 0 Å². The van der Waals surface area contributed by atoms with Crippen LogP contribution in [0.1, 0.15) is 44.7 Å². The van der Waals surface area contributed by atoms with Crippen LogP contribution in [0.4, 0.5) is 0 Å². The predicted molar refractivity (Wildman–Crippen MR) is 177 cm³/mol. The first kappa shape index (κ1) is 26.5. The fourth-order valence-corrected chi connectivity index (χ4v) is 7.17. The second kappa shape index (κ2) is 9.71. The Morgan fingerprint density at radius 3 is 2.21 bits per heavy atom. The summed E-state index contributed by atoms with van der Waals surface area (Å²) in [6.45, 7) is 8.36. The Kier molecular flexibility index (Phi) is 5.99. The van der Waals surface area contributed by atoms with Crippen molar-refractivity contribution in [2.45, 2.75) is 44.8 Å². The highest BCUT2D eigenvalue weighted by Crippen LogP contribution is 2.42. The highest BCUT2D eigenvalue weighted by atomic mass is 32.1. The van der Waals surface area contributed by atoms with Gasteiger partial charge in [-0.05, 0) is 62.0 Å². The summed E-state index contributed by atoms with van der Waals surface area (Å²) in [5.74, 6) is 0.107. The van der Waals surface area contributed by atoms with Gasteiger partial charge in [-0.1, -0.05) is 97.1 Å². The Labute approximate surface area is 255 Å². The smallest absolute Gasteiger partial charge is 0.399 e. The van der Waals surface area contributed by atoms with E-state index in [2.05, 4.69) is 131 Å². The third kappa shape index (κ3) is 4.36. The Hall–Kier alpha value is -4.10. The molecule has 3 aliphatic rings. The second-order valence-corrected chi connectivity index (χ2v) is 13.5. The predicted octanol–water partition coefficient (Wildman–Crippen LogP) is 6.81. The number of rotatable bonds is 4. The second-order valence-electron chi connectivity index (χ2n) is 12.5. The van der Waals surface area contributed by atoms with Crippen LogP contribution in [0.15, 0.2) is 120 Å². The molecule has 4 nitrogen and oxygen atoms in total. The summed E-state index contributed by atoms with van der Waals surface area (Å²) in [5.41, 5.74) is 8.09. The zero-order valence-corrected chi connectivity index (χ0v) is 25.5. The van der Waals surface area contributed by atoms with Gasteiger partial charge in [-0.3, -0.25) is 0 Å². The van der Waals surface area contributed by atoms with E-state index in [4.69, 9.17) is 19.3 Å². The molecule has 0 bridgehead atoms. The highest BCUT2D eigenvalue weighted by molar-refractivity contribution is 7.21. The van der Waals surface area contributed by atoms with Crippen molar-refractivity contribution in [1.82, 2.24) is 4.98 Å². The van der Waals surface area contributed by atoms with Gasteiger partial charge in [0, 0.05) is 22.3 Å². The van der Waals surface area contributed by atoms with Crippen LogP contribution in [0.5, 0.6) is 0 Å². The number of allylic oxidation sites excluding steroid dienone is 4. The van der Waals surface area contributed by atoms with Crippen LogP contribution in [0, 0.1) is 0 Å². The minimum Gasteiger partial charge on any atom is -0.399 e. The Balaban J connectivity index is 1.29. The summed E-state index contributed by atoms with van der Waals surface area (Å²) in [7, 11) is -0.418. The molecule has 8 rings (SSSR count). The Morgan fingerprint density at radius 1 is 0.767 bits per heavy atom. The van der Waals surface area contributed by atoms with Crippen molar-refractivity contribution in [3.63, 3.8) is 0 Å². The van der Waals surface area contributed by atoms with Gasteiger partial charge in [0.1, 0.15) is 5.01 Å². The van der Waals surface area contributed by atoms with Crippen LogP contribution >= 0.6 is 11.3 Å². The lowest BCUT2D eigenvalue weighted by Gasteiger charge is -2.32. The molecule has 1 saturated heterocycles. The van der Waals surface area contributed by atoms with E-state index >= 15 is 0 Å². The first-order chi connectivity index (χ1) is 20.8. The molecule has 2 aliphatic heterocycles. The molecule has 43 heavy (non-hydrogen) atoms. The molecule has 1 atom stereocenters. The molecule has 0 amide bonds. The van der Waals surface area contributed by atoms with Gasteiger partial charge in [0.25, 0.3) is 0 Å². The van der Waals surface area contributed by atoms with E-state index < -0.39 is 18.3 Å². The number of benzene rings is 4. The molecular formula is C37H31BN2O2S. The molecule has 1 aliphatic carbocycles. The molecule has 0 spiro atoms. The van der Waals surface area contributed by atoms with Gasteiger partial charge < -0.3 is 9.31 Å². The Bertz CT molecular complexity index is 2080. The van der Waals surface area contributed by atoms with Gasteiger partial charge in [-0.25, -0.2) is 9.98 Å². The first-order valence-corrected chi connectivity index (χ1v) is 15.6. The number of hydrogen-bond donors (Lipinski definition) is 0. The van der Waals surface area contributed by atoms with Crippen LogP contribution in [0.2, 0.25) is 0 Å². The maximum Gasteiger partial charge on any atom is 0.494 e. The summed E-state index contributed by atoms with van der Waals surface area (Å²) in [5, 5.41) is 3.19. The van der Waals surface area contributed by atoms with Crippen LogP contribution in [-0.4, -0.2) is 23.3 Å². The summed E-state index contributed by atoms with van der Waals surface area (Å²) in [6, 6.07) is 34.1. The quantitative estimate of drug-likeness (QED) is 0.220. The fourth-order valence-electron chi connectivity index (χ4n) is 6.17. The van der Waals surface area contributed by atoms with Gasteiger partial charge in [0.2, 0.25) is 0 Å². The maximum absolute atomic E-state index is 6.39. The minimum absolute atomic E-state index is 0.107. The molecule has 0 radical (unpaired) electrons. The molecule has 1 aromatic heterocycles. The number of thiazole rings is 1. The topological polar surface area (TPSA) is 43.7 Å². The Morgan fingerprint density at radius 2 is 1.47 bits per heavy atom. The van der Waals surface area contributed by atoms with E-state index in [1.54, 1.807) is 11.3 Å². The van der Waals surface area contributed by atoms with E-state index in [1.165, 1.54) is 21.1 Å². The summed E-state index contributed by atoms with van der Waals surface area (Å²) < 4.78 is 14.0. The summed E-state index contributed by atoms with van der Waals surface area (Å²) >= 11 is 1.74. The standard InChI is InChI=1S/C37H31BN2O2S/c1-36(2)37(3,4)42-38(41-36)26-17-11-16-25(20-26)28-19-18-27(23-12-7-5-8-13-23)33-29-21-32-31(22-30(29)39-34(28)33)40-35(43-32)24-14-9-6-10-15-24/h5-22,27H,1-4H3. The van der Waals surface area contributed by atoms with E-state index in [0.29, 0.717) is 0 Å². The molecule has 1 unspecified atom stereocenters. The highest BCUT2D eigenvalue weighted by Gasteiger charge is 2.51. The maximum atomic E-state index is 6.39. The summed E-state index contributed by atoms with van der Waals surface area (Å²) in [6.07, 6.45) is 4.56. The number of aromatic nitrogens is 1. The molecule has 210 valence electrons. The van der Waals surface area contributed by atoms with E-state index in [1.807, 2.05) is 6.07 Å².